The number of nitrogens with zero attached hydrogens (tertiary/aromatic N) is 1. The van der Waals surface area contributed by atoms with Crippen molar-refractivity contribution < 1.29 is 24.9 Å². The van der Waals surface area contributed by atoms with Crippen LogP contribution in [0.4, 0.5) is 4.79 Å². The van der Waals surface area contributed by atoms with Crippen molar-refractivity contribution in [2.45, 2.75) is 45.8 Å². The average Bonchev–Trinajstić information content (AvgIpc) is 2.14. The van der Waals surface area contributed by atoms with Crippen LogP contribution in [-0.2, 0) is 9.88 Å². The van der Waals surface area contributed by atoms with Crippen molar-refractivity contribution in [3.05, 3.63) is 0 Å². The molecule has 0 aliphatic carbocycles. The lowest BCUT2D eigenvalue weighted by molar-refractivity contribution is -0.437. The van der Waals surface area contributed by atoms with Crippen molar-refractivity contribution in [2.24, 2.45) is 5.41 Å². The Morgan fingerprint density at radius 3 is 2.44 bits per heavy atom. The van der Waals surface area contributed by atoms with E-state index in [9.17, 15) is 9.90 Å². The van der Waals surface area contributed by atoms with E-state index in [1.165, 1.54) is 5.06 Å². The summed E-state index contributed by atoms with van der Waals surface area (Å²) in [4.78, 5) is 19.1. The Kier molecular flexibility index (Phi) is 3.47. The molecule has 0 spiro atoms. The van der Waals surface area contributed by atoms with E-state index in [2.05, 4.69) is 4.89 Å². The maximum Gasteiger partial charge on any atom is 0.539 e. The van der Waals surface area contributed by atoms with Gasteiger partial charge in [-0.1, -0.05) is 18.8 Å². The zero-order chi connectivity index (χ0) is 12.6. The third kappa shape index (κ3) is 2.14. The molecule has 0 aromatic rings. The number of carboxylic acid groups (broad SMARTS) is 1. The molecule has 0 amide bonds. The molecule has 1 atom stereocenters. The number of aliphatic hydroxyl groups is 1. The number of hydrogen-bond donors (Lipinski definition) is 2. The highest BCUT2D eigenvalue weighted by Gasteiger charge is 2.51. The molecule has 94 valence electrons. The molecular formula is C10H19NO5. The molecule has 1 rings (SSSR count). The quantitative estimate of drug-likeness (QED) is 0.554. The Morgan fingerprint density at radius 2 is 1.94 bits per heavy atom. The molecule has 0 aromatic carbocycles. The lowest BCUT2D eigenvalue weighted by Gasteiger charge is -2.53. The van der Waals surface area contributed by atoms with Gasteiger partial charge in [0, 0.05) is 12.0 Å². The van der Waals surface area contributed by atoms with Crippen molar-refractivity contribution >= 4 is 6.16 Å². The van der Waals surface area contributed by atoms with Crippen molar-refractivity contribution in [3.63, 3.8) is 0 Å². The van der Waals surface area contributed by atoms with Crippen LogP contribution in [0.15, 0.2) is 0 Å². The zero-order valence-corrected chi connectivity index (χ0v) is 10.1. The molecule has 1 aliphatic rings. The molecule has 1 unspecified atom stereocenters. The Labute approximate surface area is 94.6 Å². The van der Waals surface area contributed by atoms with Gasteiger partial charge < -0.3 is 10.2 Å². The fraction of sp³-hybridized carbons (Fsp3) is 0.900. The van der Waals surface area contributed by atoms with Crippen LogP contribution in [0.5, 0.6) is 0 Å². The van der Waals surface area contributed by atoms with Gasteiger partial charge in [0.2, 0.25) is 0 Å². The molecule has 16 heavy (non-hydrogen) atoms. The van der Waals surface area contributed by atoms with E-state index in [1.807, 2.05) is 27.7 Å². The first-order valence-corrected chi connectivity index (χ1v) is 5.23. The van der Waals surface area contributed by atoms with E-state index >= 15 is 0 Å². The fourth-order valence-corrected chi connectivity index (χ4v) is 1.82. The van der Waals surface area contributed by atoms with Gasteiger partial charge in [-0.05, 0) is 20.3 Å². The van der Waals surface area contributed by atoms with Crippen LogP contribution in [0.3, 0.4) is 0 Å². The summed E-state index contributed by atoms with van der Waals surface area (Å²) in [5.74, 6) is 0. The van der Waals surface area contributed by atoms with E-state index < -0.39 is 23.2 Å². The molecule has 0 aromatic heterocycles. The number of hydroxylamine groups is 2. The predicted molar refractivity (Wildman–Crippen MR) is 55.4 cm³/mol. The summed E-state index contributed by atoms with van der Waals surface area (Å²) < 4.78 is 0. The molecule has 0 radical (unpaired) electrons. The minimum absolute atomic E-state index is 0.422. The Balaban J connectivity index is 2.77. The average molecular weight is 233 g/mol. The van der Waals surface area contributed by atoms with Gasteiger partial charge in [-0.25, -0.2) is 9.68 Å². The van der Waals surface area contributed by atoms with Crippen LogP contribution < -0.4 is 0 Å². The highest BCUT2D eigenvalue weighted by atomic mass is 17.3. The standard InChI is InChI=1S/C10H19NO5/c1-9(2)7(12)5-6-11(10(9,3)4)16-15-8(13)14/h7,12H,5-6H2,1-4H3,(H,13,14). The topological polar surface area (TPSA) is 79.2 Å². The Bertz CT molecular complexity index is 276. The van der Waals surface area contributed by atoms with E-state index in [0.29, 0.717) is 13.0 Å². The van der Waals surface area contributed by atoms with E-state index in [1.54, 1.807) is 0 Å². The van der Waals surface area contributed by atoms with Crippen molar-refractivity contribution in [3.8, 4) is 0 Å². The number of rotatable bonds is 2. The highest BCUT2D eigenvalue weighted by molar-refractivity contribution is 5.55. The first-order valence-electron chi connectivity index (χ1n) is 5.23. The maximum atomic E-state index is 10.3. The largest absolute Gasteiger partial charge is 0.539 e. The molecule has 6 heteroatoms. The van der Waals surface area contributed by atoms with Crippen molar-refractivity contribution in [1.29, 1.82) is 0 Å². The second-order valence-electron chi connectivity index (χ2n) is 5.11. The van der Waals surface area contributed by atoms with E-state index in [0.717, 1.165) is 0 Å². The monoisotopic (exact) mass is 233 g/mol. The first kappa shape index (κ1) is 13.2. The molecule has 1 heterocycles. The number of hydrogen-bond acceptors (Lipinski definition) is 5. The summed E-state index contributed by atoms with van der Waals surface area (Å²) in [7, 11) is 0. The third-order valence-electron chi connectivity index (χ3n) is 3.84. The van der Waals surface area contributed by atoms with Crippen molar-refractivity contribution in [1.82, 2.24) is 5.06 Å². The predicted octanol–water partition coefficient (Wildman–Crippen LogP) is 1.40. The smallest absolute Gasteiger partial charge is 0.448 e. The van der Waals surface area contributed by atoms with Gasteiger partial charge in [0.25, 0.3) is 0 Å². The summed E-state index contributed by atoms with van der Waals surface area (Å²) in [6.07, 6.45) is -1.42. The van der Waals surface area contributed by atoms with Gasteiger partial charge in [0.05, 0.1) is 11.6 Å². The van der Waals surface area contributed by atoms with Gasteiger partial charge in [0.15, 0.2) is 0 Å². The van der Waals surface area contributed by atoms with Crippen LogP contribution in [0.2, 0.25) is 0 Å². The number of aliphatic hydroxyl groups excluding tert-OH is 1. The number of piperidine rings is 1. The first-order chi connectivity index (χ1) is 7.19. The van der Waals surface area contributed by atoms with Crippen LogP contribution in [0, 0.1) is 5.41 Å². The maximum absolute atomic E-state index is 10.3. The molecule has 6 nitrogen and oxygen atoms in total. The van der Waals surface area contributed by atoms with Gasteiger partial charge in [-0.15, -0.1) is 5.06 Å². The summed E-state index contributed by atoms with van der Waals surface area (Å²) in [5.41, 5.74) is -0.951. The van der Waals surface area contributed by atoms with Crippen LogP contribution in [0.25, 0.3) is 0 Å². The van der Waals surface area contributed by atoms with Crippen LogP contribution in [0.1, 0.15) is 34.1 Å². The highest BCUT2D eigenvalue weighted by Crippen LogP contribution is 2.43. The molecule has 2 N–H and O–H groups in total. The molecule has 1 saturated heterocycles. The van der Waals surface area contributed by atoms with E-state index in [4.69, 9.17) is 10.1 Å². The van der Waals surface area contributed by atoms with E-state index in [-0.39, 0.29) is 0 Å². The minimum Gasteiger partial charge on any atom is -0.448 e. The normalized spacial score (nSPS) is 28.7. The summed E-state index contributed by atoms with van der Waals surface area (Å²) in [5, 5.41) is 19.8. The Morgan fingerprint density at radius 1 is 1.38 bits per heavy atom. The molecule has 1 aliphatic heterocycles. The molecular weight excluding hydrogens is 214 g/mol. The molecule has 0 bridgehead atoms. The SMILES string of the molecule is CC1(C)C(O)CCN(OOC(=O)O)C1(C)C. The van der Waals surface area contributed by atoms with Gasteiger partial charge >= 0.3 is 6.16 Å². The zero-order valence-electron chi connectivity index (χ0n) is 10.1. The minimum atomic E-state index is -1.49. The van der Waals surface area contributed by atoms with Crippen LogP contribution >= 0.6 is 0 Å². The third-order valence-corrected chi connectivity index (χ3v) is 3.84. The summed E-state index contributed by atoms with van der Waals surface area (Å²) in [6.45, 7) is 7.99. The lowest BCUT2D eigenvalue weighted by atomic mass is 9.67. The van der Waals surface area contributed by atoms with Gasteiger partial charge in [0.1, 0.15) is 0 Å². The summed E-state index contributed by atoms with van der Waals surface area (Å²) in [6, 6.07) is 0. The molecule has 0 saturated carbocycles. The van der Waals surface area contributed by atoms with Crippen molar-refractivity contribution in [2.75, 3.05) is 6.54 Å². The second-order valence-corrected chi connectivity index (χ2v) is 5.11. The van der Waals surface area contributed by atoms with Gasteiger partial charge in [-0.3, -0.25) is 0 Å². The molecule has 1 fully saturated rings. The summed E-state index contributed by atoms with van der Waals surface area (Å²) >= 11 is 0. The van der Waals surface area contributed by atoms with Crippen LogP contribution in [-0.4, -0.2) is 39.6 Å². The van der Waals surface area contributed by atoms with Gasteiger partial charge in [-0.2, -0.15) is 0 Å². The number of carbonyl (C=O) groups is 1. The Hall–Kier alpha value is -0.850. The lowest BCUT2D eigenvalue weighted by Crippen LogP contribution is -2.62. The second kappa shape index (κ2) is 4.20. The fourth-order valence-electron chi connectivity index (χ4n) is 1.82.